The molecule has 2 N–H and O–H groups in total. The van der Waals surface area contributed by atoms with Gasteiger partial charge < -0.3 is 15.2 Å². The topological polar surface area (TPSA) is 67.1 Å². The fraction of sp³-hybridized carbons (Fsp3) is 0.471. The van der Waals surface area contributed by atoms with Crippen molar-refractivity contribution in [2.75, 3.05) is 6.54 Å². The van der Waals surface area contributed by atoms with Gasteiger partial charge in [0.1, 0.15) is 5.82 Å². The normalized spacial score (nSPS) is 11.5. The predicted molar refractivity (Wildman–Crippen MR) is 93.1 cm³/mol. The van der Waals surface area contributed by atoms with E-state index in [1.54, 1.807) is 0 Å². The Balaban J connectivity index is 1.96. The number of hydrogen-bond donors (Lipinski definition) is 2. The highest BCUT2D eigenvalue weighted by molar-refractivity contribution is 5.79. The minimum atomic E-state index is 0.601. The van der Waals surface area contributed by atoms with E-state index >= 15 is 0 Å². The van der Waals surface area contributed by atoms with E-state index in [1.165, 1.54) is 5.56 Å². The van der Waals surface area contributed by atoms with Gasteiger partial charge in [-0.2, -0.15) is 0 Å². The van der Waals surface area contributed by atoms with Crippen LogP contribution in [-0.2, 0) is 20.1 Å². The van der Waals surface area contributed by atoms with Crippen LogP contribution in [0.5, 0.6) is 0 Å². The van der Waals surface area contributed by atoms with Crippen molar-refractivity contribution in [3.63, 3.8) is 0 Å². The van der Waals surface area contributed by atoms with Gasteiger partial charge >= 0.3 is 0 Å². The molecule has 2 rings (SSSR count). The van der Waals surface area contributed by atoms with Gasteiger partial charge in [0.25, 0.3) is 0 Å². The number of benzene rings is 1. The van der Waals surface area contributed by atoms with Gasteiger partial charge in [-0.05, 0) is 18.9 Å². The molecule has 0 amide bonds. The molecule has 2 aromatic rings. The van der Waals surface area contributed by atoms with Gasteiger partial charge in [-0.25, -0.2) is 4.99 Å². The molecule has 0 saturated heterocycles. The first kappa shape index (κ1) is 17.0. The van der Waals surface area contributed by atoms with Crippen LogP contribution in [0, 0.1) is 6.92 Å². The molecule has 0 saturated carbocycles. The number of aromatic nitrogens is 3. The molecule has 6 heteroatoms. The molecule has 23 heavy (non-hydrogen) atoms. The summed E-state index contributed by atoms with van der Waals surface area (Å²) < 4.78 is 1.98. The molecule has 1 aromatic heterocycles. The first-order valence-corrected chi connectivity index (χ1v) is 8.11. The quantitative estimate of drug-likeness (QED) is 0.467. The zero-order valence-corrected chi connectivity index (χ0v) is 14.2. The second kappa shape index (κ2) is 8.92. The summed E-state index contributed by atoms with van der Waals surface area (Å²) in [6.07, 6.45) is 2.27. The Morgan fingerprint density at radius 1 is 1.17 bits per heavy atom. The van der Waals surface area contributed by atoms with Gasteiger partial charge in [0.15, 0.2) is 11.8 Å². The molecule has 1 aromatic carbocycles. The van der Waals surface area contributed by atoms with Crippen LogP contribution < -0.4 is 10.6 Å². The standard InChI is InChI=1S/C17H26N6/c1-4-5-11-18-17(19-12-15-9-7-6-8-10-15)20-13-16-22-21-14(2)23(16)3/h6-10H,4-5,11-13H2,1-3H3,(H2,18,19,20). The molecule has 6 nitrogen and oxygen atoms in total. The van der Waals surface area contributed by atoms with E-state index < -0.39 is 0 Å². The van der Waals surface area contributed by atoms with Crippen molar-refractivity contribution in [2.45, 2.75) is 39.8 Å². The van der Waals surface area contributed by atoms with Crippen molar-refractivity contribution < 1.29 is 0 Å². The lowest BCUT2D eigenvalue weighted by molar-refractivity contribution is 0.695. The lowest BCUT2D eigenvalue weighted by atomic mass is 10.2. The maximum atomic E-state index is 4.65. The van der Waals surface area contributed by atoms with Crippen LogP contribution in [0.2, 0.25) is 0 Å². The minimum Gasteiger partial charge on any atom is -0.356 e. The smallest absolute Gasteiger partial charge is 0.191 e. The molecule has 0 radical (unpaired) electrons. The van der Waals surface area contributed by atoms with Crippen LogP contribution in [0.4, 0.5) is 0 Å². The average molecular weight is 314 g/mol. The molecule has 124 valence electrons. The van der Waals surface area contributed by atoms with Crippen molar-refractivity contribution in [3.8, 4) is 0 Å². The average Bonchev–Trinajstić information content (AvgIpc) is 2.90. The predicted octanol–water partition coefficient (Wildman–Crippen LogP) is 2.16. The largest absolute Gasteiger partial charge is 0.356 e. The Morgan fingerprint density at radius 2 is 1.96 bits per heavy atom. The third kappa shape index (κ3) is 5.39. The van der Waals surface area contributed by atoms with Gasteiger partial charge in [-0.1, -0.05) is 43.7 Å². The number of unbranched alkanes of at least 4 members (excludes halogenated alkanes) is 1. The summed E-state index contributed by atoms with van der Waals surface area (Å²) in [5.41, 5.74) is 1.19. The van der Waals surface area contributed by atoms with Crippen molar-refractivity contribution in [3.05, 3.63) is 47.5 Å². The Hall–Kier alpha value is -2.37. The Morgan fingerprint density at radius 3 is 2.61 bits per heavy atom. The van der Waals surface area contributed by atoms with Gasteiger partial charge in [0.2, 0.25) is 0 Å². The number of hydrogen-bond acceptors (Lipinski definition) is 3. The van der Waals surface area contributed by atoms with E-state index in [4.69, 9.17) is 0 Å². The van der Waals surface area contributed by atoms with Gasteiger partial charge in [-0.3, -0.25) is 0 Å². The Labute approximate surface area is 138 Å². The highest BCUT2D eigenvalue weighted by Gasteiger charge is 2.06. The maximum absolute atomic E-state index is 4.65. The first-order chi connectivity index (χ1) is 11.2. The second-order valence-electron chi connectivity index (χ2n) is 5.51. The number of aryl methyl sites for hydroxylation is 1. The molecule has 1 heterocycles. The summed E-state index contributed by atoms with van der Waals surface area (Å²) >= 11 is 0. The van der Waals surface area contributed by atoms with Crippen LogP contribution in [0.25, 0.3) is 0 Å². The Kier molecular flexibility index (Phi) is 6.59. The third-order valence-electron chi connectivity index (χ3n) is 3.68. The summed E-state index contributed by atoms with van der Waals surface area (Å²) in [5.74, 6) is 2.61. The molecule has 0 spiro atoms. The zero-order valence-electron chi connectivity index (χ0n) is 14.2. The van der Waals surface area contributed by atoms with E-state index in [1.807, 2.05) is 36.7 Å². The first-order valence-electron chi connectivity index (χ1n) is 8.11. The lowest BCUT2D eigenvalue weighted by Crippen LogP contribution is -2.38. The van der Waals surface area contributed by atoms with Crippen LogP contribution in [-0.4, -0.2) is 27.3 Å². The lowest BCUT2D eigenvalue weighted by Gasteiger charge is -2.12. The van der Waals surface area contributed by atoms with Crippen molar-refractivity contribution >= 4 is 5.96 Å². The fourth-order valence-electron chi connectivity index (χ4n) is 2.08. The molecule has 0 aliphatic rings. The molecular formula is C17H26N6. The third-order valence-corrected chi connectivity index (χ3v) is 3.68. The minimum absolute atomic E-state index is 0.601. The molecule has 0 aliphatic carbocycles. The van der Waals surface area contributed by atoms with Gasteiger partial charge in [-0.15, -0.1) is 10.2 Å². The van der Waals surface area contributed by atoms with Crippen LogP contribution in [0.1, 0.15) is 37.0 Å². The van der Waals surface area contributed by atoms with E-state index in [0.717, 1.165) is 37.0 Å². The number of aliphatic imine (C=N–C) groups is 1. The Bertz CT molecular complexity index is 617. The summed E-state index contributed by atoms with van der Waals surface area (Å²) in [4.78, 5) is 4.65. The summed E-state index contributed by atoms with van der Waals surface area (Å²) in [6.45, 7) is 6.29. The SMILES string of the molecule is CCCCNC(=NCc1ccccc1)NCc1nnc(C)n1C. The molecule has 0 bridgehead atoms. The molecule has 0 fully saturated rings. The number of nitrogens with zero attached hydrogens (tertiary/aromatic N) is 4. The van der Waals surface area contributed by atoms with Crippen LogP contribution in [0.15, 0.2) is 35.3 Å². The second-order valence-corrected chi connectivity index (χ2v) is 5.51. The molecule has 0 unspecified atom stereocenters. The number of guanidine groups is 1. The van der Waals surface area contributed by atoms with E-state index in [9.17, 15) is 0 Å². The highest BCUT2D eigenvalue weighted by atomic mass is 15.3. The fourth-order valence-corrected chi connectivity index (χ4v) is 2.08. The maximum Gasteiger partial charge on any atom is 0.191 e. The highest BCUT2D eigenvalue weighted by Crippen LogP contribution is 2.01. The molecule has 0 atom stereocenters. The van der Waals surface area contributed by atoms with Crippen molar-refractivity contribution in [1.29, 1.82) is 0 Å². The van der Waals surface area contributed by atoms with Crippen molar-refractivity contribution in [2.24, 2.45) is 12.0 Å². The number of rotatable bonds is 7. The monoisotopic (exact) mass is 314 g/mol. The van der Waals surface area contributed by atoms with Crippen LogP contribution in [0.3, 0.4) is 0 Å². The van der Waals surface area contributed by atoms with E-state index in [0.29, 0.717) is 13.1 Å². The number of nitrogens with one attached hydrogen (secondary N) is 2. The van der Waals surface area contributed by atoms with Crippen molar-refractivity contribution in [1.82, 2.24) is 25.4 Å². The zero-order chi connectivity index (χ0) is 16.5. The van der Waals surface area contributed by atoms with Gasteiger partial charge in [0.05, 0.1) is 13.1 Å². The molecule has 0 aliphatic heterocycles. The van der Waals surface area contributed by atoms with E-state index in [-0.39, 0.29) is 0 Å². The summed E-state index contributed by atoms with van der Waals surface area (Å²) in [5, 5.41) is 14.9. The summed E-state index contributed by atoms with van der Waals surface area (Å²) in [7, 11) is 1.97. The van der Waals surface area contributed by atoms with Gasteiger partial charge in [0, 0.05) is 13.6 Å². The molecular weight excluding hydrogens is 288 g/mol. The van der Waals surface area contributed by atoms with Crippen LogP contribution >= 0.6 is 0 Å². The van der Waals surface area contributed by atoms with E-state index in [2.05, 4.69) is 44.9 Å². The summed E-state index contributed by atoms with van der Waals surface area (Å²) in [6, 6.07) is 10.2.